The van der Waals surface area contributed by atoms with Crippen LogP contribution >= 0.6 is 0 Å². The average molecular weight is 461 g/mol. The van der Waals surface area contributed by atoms with Crippen LogP contribution in [0.25, 0.3) is 54.6 Å². The number of fused-ring (bicyclic) bond motifs is 13. The van der Waals surface area contributed by atoms with Gasteiger partial charge in [0, 0.05) is 10.8 Å². The fourth-order valence-electron chi connectivity index (χ4n) is 7.41. The van der Waals surface area contributed by atoms with Crippen molar-refractivity contribution in [2.24, 2.45) is 0 Å². The highest BCUT2D eigenvalue weighted by molar-refractivity contribution is 6.29. The zero-order chi connectivity index (χ0) is 24.4. The first-order valence-corrected chi connectivity index (χ1v) is 13.0. The fourth-order valence-corrected chi connectivity index (χ4v) is 7.41. The summed E-state index contributed by atoms with van der Waals surface area (Å²) in [4.78, 5) is 0. The van der Waals surface area contributed by atoms with Crippen LogP contribution in [0.3, 0.4) is 0 Å². The molecule has 0 saturated carbocycles. The molecular weight excluding hydrogens is 432 g/mol. The zero-order valence-electron chi connectivity index (χ0n) is 21.2. The molecule has 0 saturated heterocycles. The molecule has 6 aromatic carbocycles. The van der Waals surface area contributed by atoms with Crippen molar-refractivity contribution in [1.29, 1.82) is 0 Å². The third-order valence-corrected chi connectivity index (χ3v) is 9.25. The maximum Gasteiger partial charge on any atom is 0.0159 e. The number of hydrogen-bond acceptors (Lipinski definition) is 0. The minimum absolute atomic E-state index is 0.00674. The Morgan fingerprint density at radius 3 is 1.61 bits per heavy atom. The molecule has 2 aliphatic carbocycles. The van der Waals surface area contributed by atoms with Crippen LogP contribution in [-0.4, -0.2) is 0 Å². The van der Waals surface area contributed by atoms with Gasteiger partial charge in [0.05, 0.1) is 0 Å². The van der Waals surface area contributed by atoms with Gasteiger partial charge < -0.3 is 0 Å². The molecule has 2 aliphatic rings. The smallest absolute Gasteiger partial charge is 0.0159 e. The lowest BCUT2D eigenvalue weighted by Crippen LogP contribution is -2.16. The van der Waals surface area contributed by atoms with Gasteiger partial charge in [0.15, 0.2) is 0 Å². The molecule has 0 nitrogen and oxygen atoms in total. The molecular formula is C36H28. The van der Waals surface area contributed by atoms with Crippen LogP contribution in [-0.2, 0) is 10.8 Å². The molecule has 0 N–H and O–H groups in total. The van der Waals surface area contributed by atoms with E-state index in [1.807, 2.05) is 0 Å². The van der Waals surface area contributed by atoms with E-state index < -0.39 is 0 Å². The molecule has 0 aliphatic heterocycles. The second kappa shape index (κ2) is 6.45. The Bertz CT molecular complexity index is 1900. The van der Waals surface area contributed by atoms with Crippen molar-refractivity contribution in [2.75, 3.05) is 0 Å². The lowest BCUT2D eigenvalue weighted by molar-refractivity contribution is 0.652. The maximum absolute atomic E-state index is 2.54. The van der Waals surface area contributed by atoms with Crippen molar-refractivity contribution in [1.82, 2.24) is 0 Å². The van der Waals surface area contributed by atoms with Gasteiger partial charge in [-0.2, -0.15) is 0 Å². The molecule has 0 bridgehead atoms. The van der Waals surface area contributed by atoms with Crippen LogP contribution in [0.15, 0.2) is 97.1 Å². The van der Waals surface area contributed by atoms with Gasteiger partial charge in [0.25, 0.3) is 0 Å². The number of benzene rings is 6. The minimum atomic E-state index is -0.0533. The predicted octanol–water partition coefficient (Wildman–Crippen LogP) is 9.76. The first-order chi connectivity index (χ1) is 17.4. The lowest BCUT2D eigenvalue weighted by Gasteiger charge is -2.24. The second-order valence-electron chi connectivity index (χ2n) is 11.7. The molecule has 0 atom stereocenters. The van der Waals surface area contributed by atoms with Gasteiger partial charge in [-0.1, -0.05) is 113 Å². The van der Waals surface area contributed by atoms with Crippen molar-refractivity contribution >= 4 is 32.3 Å². The third kappa shape index (κ3) is 2.26. The first-order valence-electron chi connectivity index (χ1n) is 13.0. The van der Waals surface area contributed by atoms with Crippen LogP contribution in [0.1, 0.15) is 49.9 Å². The van der Waals surface area contributed by atoms with Gasteiger partial charge in [-0.3, -0.25) is 0 Å². The highest BCUT2D eigenvalue weighted by Gasteiger charge is 2.42. The Kier molecular flexibility index (Phi) is 3.64. The molecule has 36 heavy (non-hydrogen) atoms. The second-order valence-corrected chi connectivity index (χ2v) is 11.7. The van der Waals surface area contributed by atoms with Gasteiger partial charge >= 0.3 is 0 Å². The van der Waals surface area contributed by atoms with E-state index in [9.17, 15) is 0 Å². The van der Waals surface area contributed by atoms with E-state index in [4.69, 9.17) is 0 Å². The molecule has 8 rings (SSSR count). The van der Waals surface area contributed by atoms with Gasteiger partial charge in [-0.15, -0.1) is 0 Å². The first kappa shape index (κ1) is 20.3. The molecule has 0 fully saturated rings. The predicted molar refractivity (Wildman–Crippen MR) is 154 cm³/mol. The van der Waals surface area contributed by atoms with Crippen LogP contribution in [0, 0.1) is 0 Å². The van der Waals surface area contributed by atoms with Gasteiger partial charge in [0.2, 0.25) is 0 Å². The largest absolute Gasteiger partial charge is 0.0619 e. The summed E-state index contributed by atoms with van der Waals surface area (Å²) in [5, 5.41) is 8.14. The summed E-state index contributed by atoms with van der Waals surface area (Å²) in [5.41, 5.74) is 11.4. The number of rotatable bonds is 0. The Hall–Kier alpha value is -3.90. The molecule has 0 heteroatoms. The van der Waals surface area contributed by atoms with Gasteiger partial charge in [-0.25, -0.2) is 0 Å². The van der Waals surface area contributed by atoms with Crippen molar-refractivity contribution < 1.29 is 0 Å². The van der Waals surface area contributed by atoms with E-state index in [2.05, 4.69) is 125 Å². The van der Waals surface area contributed by atoms with E-state index in [0.29, 0.717) is 0 Å². The number of hydrogen-bond donors (Lipinski definition) is 0. The summed E-state index contributed by atoms with van der Waals surface area (Å²) in [6.45, 7) is 9.59. The molecule has 0 radical (unpaired) electrons. The maximum atomic E-state index is 2.54. The van der Waals surface area contributed by atoms with Gasteiger partial charge in [-0.05, 0) is 89.0 Å². The molecule has 0 aromatic heterocycles. The topological polar surface area (TPSA) is 0 Å². The highest BCUT2D eigenvalue weighted by atomic mass is 14.4. The summed E-state index contributed by atoms with van der Waals surface area (Å²) in [6, 6.07) is 36.7. The zero-order valence-corrected chi connectivity index (χ0v) is 21.2. The fraction of sp³-hybridized carbons (Fsp3) is 0.167. The Balaban J connectivity index is 1.57. The standard InChI is InChI=1S/C36H28/c1-35(2)29-16-10-9-14-24(29)27-19-32-28(20-31(27)35)34-30(36(32,3)4)18-17-26-23-13-6-5-11-21(23)22-12-7-8-15-25(22)33(26)34/h5-20H,1-4H3. The van der Waals surface area contributed by atoms with E-state index >= 15 is 0 Å². The summed E-state index contributed by atoms with van der Waals surface area (Å²) < 4.78 is 0. The van der Waals surface area contributed by atoms with Crippen molar-refractivity contribution in [2.45, 2.75) is 38.5 Å². The summed E-state index contributed by atoms with van der Waals surface area (Å²) in [6.07, 6.45) is 0. The van der Waals surface area contributed by atoms with Crippen LogP contribution in [0.2, 0.25) is 0 Å². The summed E-state index contributed by atoms with van der Waals surface area (Å²) in [7, 11) is 0. The Labute approximate surface area is 212 Å². The third-order valence-electron chi connectivity index (χ3n) is 9.25. The monoisotopic (exact) mass is 460 g/mol. The quantitative estimate of drug-likeness (QED) is 0.198. The minimum Gasteiger partial charge on any atom is -0.0619 e. The van der Waals surface area contributed by atoms with Crippen molar-refractivity contribution in [3.8, 4) is 22.3 Å². The van der Waals surface area contributed by atoms with Crippen molar-refractivity contribution in [3.63, 3.8) is 0 Å². The molecule has 0 unspecified atom stereocenters. The molecule has 0 heterocycles. The molecule has 0 amide bonds. The van der Waals surface area contributed by atoms with Crippen LogP contribution in [0.5, 0.6) is 0 Å². The van der Waals surface area contributed by atoms with Crippen LogP contribution in [0.4, 0.5) is 0 Å². The lowest BCUT2D eigenvalue weighted by atomic mass is 9.79. The average Bonchev–Trinajstić information content (AvgIpc) is 3.27. The summed E-state index contributed by atoms with van der Waals surface area (Å²) in [5.74, 6) is 0. The Morgan fingerprint density at radius 1 is 0.389 bits per heavy atom. The molecule has 6 aromatic rings. The normalized spacial score (nSPS) is 16.2. The van der Waals surface area contributed by atoms with E-state index in [0.717, 1.165) is 0 Å². The van der Waals surface area contributed by atoms with Crippen LogP contribution < -0.4 is 0 Å². The molecule has 0 spiro atoms. The van der Waals surface area contributed by atoms with E-state index in [1.54, 1.807) is 0 Å². The SMILES string of the molecule is CC1(C)c2ccccc2-c2cc3c(cc21)-c1c(ccc2c4ccccc4c4ccccc4c12)C3(C)C. The summed E-state index contributed by atoms with van der Waals surface area (Å²) >= 11 is 0. The Morgan fingerprint density at radius 2 is 0.889 bits per heavy atom. The van der Waals surface area contributed by atoms with Crippen molar-refractivity contribution in [3.05, 3.63) is 119 Å². The van der Waals surface area contributed by atoms with E-state index in [-0.39, 0.29) is 10.8 Å². The highest BCUT2D eigenvalue weighted by Crippen LogP contribution is 2.58. The van der Waals surface area contributed by atoms with E-state index in [1.165, 1.54) is 76.8 Å². The van der Waals surface area contributed by atoms with Gasteiger partial charge in [0.1, 0.15) is 0 Å². The molecule has 172 valence electrons.